The van der Waals surface area contributed by atoms with Gasteiger partial charge in [-0.1, -0.05) is 13.3 Å². The van der Waals surface area contributed by atoms with Crippen LogP contribution < -0.4 is 10.6 Å². The predicted molar refractivity (Wildman–Crippen MR) is 70.1 cm³/mol. The smallest absolute Gasteiger partial charge is 0.326 e. The van der Waals surface area contributed by atoms with Crippen LogP contribution in [0.4, 0.5) is 4.79 Å². The lowest BCUT2D eigenvalue weighted by Gasteiger charge is -2.26. The van der Waals surface area contributed by atoms with E-state index in [1.807, 2.05) is 6.92 Å². The van der Waals surface area contributed by atoms with E-state index >= 15 is 0 Å². The Morgan fingerprint density at radius 2 is 2.05 bits per heavy atom. The number of aliphatic carboxylic acids is 1. The summed E-state index contributed by atoms with van der Waals surface area (Å²) in [5, 5.41) is 14.1. The van der Waals surface area contributed by atoms with E-state index in [2.05, 4.69) is 15.5 Å². The number of nitrogens with zero attached hydrogens (tertiary/aromatic N) is 1. The molecule has 0 aromatic heterocycles. The molecule has 7 heteroatoms. The van der Waals surface area contributed by atoms with Crippen LogP contribution in [-0.2, 0) is 9.53 Å². The molecule has 110 valence electrons. The number of nitrogens with one attached hydrogen (secondary N) is 2. The Balaban J connectivity index is 2.17. The summed E-state index contributed by atoms with van der Waals surface area (Å²) in [4.78, 5) is 24.6. The molecule has 1 atom stereocenters. The molecule has 0 radical (unpaired) electrons. The summed E-state index contributed by atoms with van der Waals surface area (Å²) in [5.74, 6) is -0.995. The monoisotopic (exact) mass is 273 g/mol. The van der Waals surface area contributed by atoms with Crippen molar-refractivity contribution in [3.05, 3.63) is 0 Å². The van der Waals surface area contributed by atoms with E-state index < -0.39 is 18.0 Å². The summed E-state index contributed by atoms with van der Waals surface area (Å²) in [6.07, 6.45) is 1.15. The van der Waals surface area contributed by atoms with Crippen LogP contribution in [0.15, 0.2) is 0 Å². The summed E-state index contributed by atoms with van der Waals surface area (Å²) in [6, 6.07) is -1.23. The second kappa shape index (κ2) is 8.71. The first-order valence-corrected chi connectivity index (χ1v) is 6.70. The van der Waals surface area contributed by atoms with Gasteiger partial charge in [0.05, 0.1) is 13.2 Å². The van der Waals surface area contributed by atoms with Crippen molar-refractivity contribution < 1.29 is 19.4 Å². The fourth-order valence-electron chi connectivity index (χ4n) is 1.91. The molecular formula is C12H23N3O4. The Hall–Kier alpha value is -1.34. The molecule has 3 N–H and O–H groups in total. The second-order valence-electron chi connectivity index (χ2n) is 4.53. The van der Waals surface area contributed by atoms with E-state index in [1.54, 1.807) is 0 Å². The molecule has 1 heterocycles. The van der Waals surface area contributed by atoms with Gasteiger partial charge in [0.1, 0.15) is 6.04 Å². The first kappa shape index (κ1) is 15.7. The van der Waals surface area contributed by atoms with Gasteiger partial charge in [-0.25, -0.2) is 9.59 Å². The molecule has 2 amide bonds. The average molecular weight is 273 g/mol. The quantitative estimate of drug-likeness (QED) is 0.601. The van der Waals surface area contributed by atoms with Gasteiger partial charge in [0, 0.05) is 26.2 Å². The van der Waals surface area contributed by atoms with E-state index in [4.69, 9.17) is 9.84 Å². The highest BCUT2D eigenvalue weighted by Crippen LogP contribution is 1.97. The molecular weight excluding hydrogens is 250 g/mol. The maximum absolute atomic E-state index is 11.5. The van der Waals surface area contributed by atoms with Crippen LogP contribution in [0.3, 0.4) is 0 Å². The van der Waals surface area contributed by atoms with Crippen LogP contribution in [0.25, 0.3) is 0 Å². The number of carboxylic acid groups (broad SMARTS) is 1. The predicted octanol–water partition coefficient (Wildman–Crippen LogP) is -0.129. The Bertz CT molecular complexity index is 293. The van der Waals surface area contributed by atoms with Crippen LogP contribution in [0.1, 0.15) is 19.8 Å². The van der Waals surface area contributed by atoms with E-state index in [-0.39, 0.29) is 0 Å². The molecule has 1 aliphatic heterocycles. The number of carbonyl (C=O) groups is 2. The number of carboxylic acids is 1. The highest BCUT2D eigenvalue weighted by molar-refractivity contribution is 5.82. The molecule has 19 heavy (non-hydrogen) atoms. The van der Waals surface area contributed by atoms with Gasteiger partial charge in [-0.15, -0.1) is 0 Å². The minimum Gasteiger partial charge on any atom is -0.480 e. The Morgan fingerprint density at radius 1 is 1.37 bits per heavy atom. The first-order chi connectivity index (χ1) is 9.13. The number of morpholine rings is 1. The topological polar surface area (TPSA) is 90.9 Å². The van der Waals surface area contributed by atoms with E-state index in [0.29, 0.717) is 19.4 Å². The van der Waals surface area contributed by atoms with Gasteiger partial charge in [-0.3, -0.25) is 4.90 Å². The molecule has 1 aliphatic rings. The van der Waals surface area contributed by atoms with Crippen molar-refractivity contribution >= 4 is 12.0 Å². The average Bonchev–Trinajstić information content (AvgIpc) is 2.39. The highest BCUT2D eigenvalue weighted by Gasteiger charge is 2.18. The zero-order valence-corrected chi connectivity index (χ0v) is 11.4. The van der Waals surface area contributed by atoms with Gasteiger partial charge < -0.3 is 20.5 Å². The minimum atomic E-state index is -0.995. The third kappa shape index (κ3) is 6.40. The molecule has 0 saturated carbocycles. The number of amides is 2. The number of urea groups is 1. The summed E-state index contributed by atoms with van der Waals surface area (Å²) in [5.41, 5.74) is 0. The molecule has 0 spiro atoms. The standard InChI is InChI=1S/C12H23N3O4/c1-2-3-10(11(16)17)14-12(18)13-4-5-15-6-8-19-9-7-15/h10H,2-9H2,1H3,(H,16,17)(H2,13,14,18). The van der Waals surface area contributed by atoms with Crippen molar-refractivity contribution in [1.29, 1.82) is 0 Å². The minimum absolute atomic E-state index is 0.422. The maximum atomic E-state index is 11.5. The second-order valence-corrected chi connectivity index (χ2v) is 4.53. The van der Waals surface area contributed by atoms with Crippen LogP contribution in [0.5, 0.6) is 0 Å². The van der Waals surface area contributed by atoms with Crippen molar-refractivity contribution in [2.24, 2.45) is 0 Å². The van der Waals surface area contributed by atoms with Crippen molar-refractivity contribution in [3.8, 4) is 0 Å². The zero-order chi connectivity index (χ0) is 14.1. The lowest BCUT2D eigenvalue weighted by atomic mass is 10.2. The number of rotatable bonds is 7. The first-order valence-electron chi connectivity index (χ1n) is 6.70. The lowest BCUT2D eigenvalue weighted by molar-refractivity contribution is -0.139. The van der Waals surface area contributed by atoms with Crippen molar-refractivity contribution in [3.63, 3.8) is 0 Å². The maximum Gasteiger partial charge on any atom is 0.326 e. The van der Waals surface area contributed by atoms with Crippen LogP contribution >= 0.6 is 0 Å². The fourth-order valence-corrected chi connectivity index (χ4v) is 1.91. The summed E-state index contributed by atoms with van der Waals surface area (Å²) < 4.78 is 5.23. The number of hydrogen-bond acceptors (Lipinski definition) is 4. The van der Waals surface area contributed by atoms with Crippen molar-refractivity contribution in [2.75, 3.05) is 39.4 Å². The van der Waals surface area contributed by atoms with Gasteiger partial charge in [0.15, 0.2) is 0 Å². The van der Waals surface area contributed by atoms with E-state index in [0.717, 1.165) is 32.8 Å². The third-order valence-electron chi connectivity index (χ3n) is 3.00. The normalized spacial score (nSPS) is 17.7. The Kier molecular flexibility index (Phi) is 7.20. The van der Waals surface area contributed by atoms with Gasteiger partial charge in [0.2, 0.25) is 0 Å². The van der Waals surface area contributed by atoms with Gasteiger partial charge >= 0.3 is 12.0 Å². The molecule has 1 saturated heterocycles. The molecule has 0 aromatic carbocycles. The molecule has 7 nitrogen and oxygen atoms in total. The number of ether oxygens (including phenoxy) is 1. The van der Waals surface area contributed by atoms with Crippen LogP contribution in [0, 0.1) is 0 Å². The third-order valence-corrected chi connectivity index (χ3v) is 3.00. The summed E-state index contributed by atoms with van der Waals surface area (Å²) in [7, 11) is 0. The summed E-state index contributed by atoms with van der Waals surface area (Å²) >= 11 is 0. The van der Waals surface area contributed by atoms with Gasteiger partial charge in [0.25, 0.3) is 0 Å². The van der Waals surface area contributed by atoms with Gasteiger partial charge in [-0.2, -0.15) is 0 Å². The van der Waals surface area contributed by atoms with Crippen molar-refractivity contribution in [1.82, 2.24) is 15.5 Å². The van der Waals surface area contributed by atoms with E-state index in [1.165, 1.54) is 0 Å². The summed E-state index contributed by atoms with van der Waals surface area (Å²) in [6.45, 7) is 6.34. The highest BCUT2D eigenvalue weighted by atomic mass is 16.5. The Morgan fingerprint density at radius 3 is 2.63 bits per heavy atom. The molecule has 1 unspecified atom stereocenters. The molecule has 0 aliphatic carbocycles. The largest absolute Gasteiger partial charge is 0.480 e. The molecule has 0 aromatic rings. The number of hydrogen-bond donors (Lipinski definition) is 3. The lowest BCUT2D eigenvalue weighted by Crippen LogP contribution is -2.48. The molecule has 1 rings (SSSR count). The van der Waals surface area contributed by atoms with Crippen LogP contribution in [0.2, 0.25) is 0 Å². The van der Waals surface area contributed by atoms with Crippen LogP contribution in [-0.4, -0.2) is 67.4 Å². The molecule has 1 fully saturated rings. The van der Waals surface area contributed by atoms with Crippen molar-refractivity contribution in [2.45, 2.75) is 25.8 Å². The Labute approximate surface area is 113 Å². The SMILES string of the molecule is CCCC(NC(=O)NCCN1CCOCC1)C(=O)O. The molecule has 0 bridgehead atoms. The van der Waals surface area contributed by atoms with E-state index in [9.17, 15) is 9.59 Å². The number of carbonyl (C=O) groups excluding carboxylic acids is 1. The van der Waals surface area contributed by atoms with Gasteiger partial charge in [-0.05, 0) is 6.42 Å². The zero-order valence-electron chi connectivity index (χ0n) is 11.4. The fraction of sp³-hybridized carbons (Fsp3) is 0.833.